The maximum absolute atomic E-state index is 6.15. The minimum Gasteiger partial charge on any atom is -0.400 e. The van der Waals surface area contributed by atoms with Gasteiger partial charge in [0, 0.05) is 19.6 Å². The van der Waals surface area contributed by atoms with Crippen LogP contribution in [0.4, 0.5) is 0 Å². The number of nitrogens with zero attached hydrogens (tertiary/aromatic N) is 1. The van der Waals surface area contributed by atoms with Gasteiger partial charge in [0.2, 0.25) is 0 Å². The van der Waals surface area contributed by atoms with E-state index in [1.165, 1.54) is 11.0 Å². The van der Waals surface area contributed by atoms with Crippen molar-refractivity contribution < 1.29 is 9.31 Å². The molecule has 1 saturated heterocycles. The van der Waals surface area contributed by atoms with E-state index in [4.69, 9.17) is 9.31 Å². The van der Waals surface area contributed by atoms with Gasteiger partial charge in [-0.2, -0.15) is 0 Å². The van der Waals surface area contributed by atoms with Crippen LogP contribution in [-0.2, 0) is 15.9 Å². The van der Waals surface area contributed by atoms with Gasteiger partial charge in [0.25, 0.3) is 0 Å². The quantitative estimate of drug-likeness (QED) is 0.783. The molecule has 0 unspecified atom stereocenters. The highest BCUT2D eigenvalue weighted by Gasteiger charge is 2.52. The molecule has 1 aromatic rings. The average Bonchev–Trinajstić information content (AvgIpc) is 2.69. The molecule has 1 fully saturated rings. The SMILES string of the molecule is CC1(C)OB(C2=CCN(Cc3ccccc3)CC2)OC1(C)C.Cl. The molecular formula is C18H27BClNO2. The molecule has 2 aliphatic heterocycles. The topological polar surface area (TPSA) is 21.7 Å². The monoisotopic (exact) mass is 335 g/mol. The Bertz CT molecular complexity index is 543. The van der Waals surface area contributed by atoms with Gasteiger partial charge in [0.1, 0.15) is 0 Å². The maximum atomic E-state index is 6.15. The Balaban J connectivity index is 0.00000192. The second-order valence-electron chi connectivity index (χ2n) is 7.34. The minimum absolute atomic E-state index is 0. The van der Waals surface area contributed by atoms with Gasteiger partial charge < -0.3 is 9.31 Å². The predicted molar refractivity (Wildman–Crippen MR) is 97.7 cm³/mol. The van der Waals surface area contributed by atoms with E-state index in [2.05, 4.69) is 69.0 Å². The third-order valence-corrected chi connectivity index (χ3v) is 5.13. The first-order valence-corrected chi connectivity index (χ1v) is 8.18. The second kappa shape index (κ2) is 6.98. The van der Waals surface area contributed by atoms with E-state index in [-0.39, 0.29) is 30.7 Å². The molecule has 0 saturated carbocycles. The lowest BCUT2D eigenvalue weighted by Crippen LogP contribution is -2.41. The molecule has 0 bridgehead atoms. The van der Waals surface area contributed by atoms with Crippen molar-refractivity contribution >= 4 is 19.5 Å². The molecule has 0 amide bonds. The number of halogens is 1. The van der Waals surface area contributed by atoms with Crippen LogP contribution in [0.5, 0.6) is 0 Å². The number of rotatable bonds is 3. The predicted octanol–water partition coefficient (Wildman–Crippen LogP) is 3.87. The summed E-state index contributed by atoms with van der Waals surface area (Å²) in [7, 11) is -0.177. The van der Waals surface area contributed by atoms with Gasteiger partial charge in [0.15, 0.2) is 0 Å². The first kappa shape index (κ1) is 18.5. The molecule has 0 atom stereocenters. The van der Waals surface area contributed by atoms with E-state index in [1.807, 2.05) is 0 Å². The van der Waals surface area contributed by atoms with E-state index >= 15 is 0 Å². The highest BCUT2D eigenvalue weighted by Crippen LogP contribution is 2.39. The van der Waals surface area contributed by atoms with Crippen molar-refractivity contribution in [2.24, 2.45) is 0 Å². The fourth-order valence-electron chi connectivity index (χ4n) is 2.92. The van der Waals surface area contributed by atoms with Crippen molar-refractivity contribution in [3.63, 3.8) is 0 Å². The summed E-state index contributed by atoms with van der Waals surface area (Å²) in [5.74, 6) is 0. The first-order chi connectivity index (χ1) is 10.4. The van der Waals surface area contributed by atoms with Crippen LogP contribution in [0.3, 0.4) is 0 Å². The second-order valence-corrected chi connectivity index (χ2v) is 7.34. The Kier molecular flexibility index (Phi) is 5.62. The molecule has 0 spiro atoms. The third kappa shape index (κ3) is 4.00. The van der Waals surface area contributed by atoms with E-state index in [0.29, 0.717) is 0 Å². The molecule has 23 heavy (non-hydrogen) atoms. The fourth-order valence-corrected chi connectivity index (χ4v) is 2.92. The Morgan fingerprint density at radius 1 is 1.04 bits per heavy atom. The van der Waals surface area contributed by atoms with Crippen LogP contribution in [-0.4, -0.2) is 36.3 Å². The smallest absolute Gasteiger partial charge is 0.400 e. The normalized spacial score (nSPS) is 23.3. The number of hydrogen-bond donors (Lipinski definition) is 0. The van der Waals surface area contributed by atoms with E-state index in [1.54, 1.807) is 0 Å². The fraction of sp³-hybridized carbons (Fsp3) is 0.556. The lowest BCUT2D eigenvalue weighted by molar-refractivity contribution is 0.00578. The largest absolute Gasteiger partial charge is 0.490 e. The lowest BCUT2D eigenvalue weighted by atomic mass is 9.74. The van der Waals surface area contributed by atoms with Gasteiger partial charge in [-0.3, -0.25) is 4.90 Å². The molecule has 3 rings (SSSR count). The maximum Gasteiger partial charge on any atom is 0.490 e. The molecule has 2 aliphatic rings. The van der Waals surface area contributed by atoms with Crippen molar-refractivity contribution in [2.45, 2.75) is 51.9 Å². The van der Waals surface area contributed by atoms with Crippen LogP contribution >= 0.6 is 12.4 Å². The average molecular weight is 336 g/mol. The summed E-state index contributed by atoms with van der Waals surface area (Å²) >= 11 is 0. The van der Waals surface area contributed by atoms with E-state index < -0.39 is 0 Å². The molecule has 5 heteroatoms. The van der Waals surface area contributed by atoms with Crippen molar-refractivity contribution in [3.05, 3.63) is 47.4 Å². The molecule has 1 aromatic carbocycles. The number of benzene rings is 1. The van der Waals surface area contributed by atoms with Crippen molar-refractivity contribution in [2.75, 3.05) is 13.1 Å². The van der Waals surface area contributed by atoms with Crippen molar-refractivity contribution in [3.8, 4) is 0 Å². The molecule has 2 heterocycles. The summed E-state index contributed by atoms with van der Waals surface area (Å²) in [4.78, 5) is 2.46. The zero-order valence-corrected chi connectivity index (χ0v) is 15.4. The molecule has 3 nitrogen and oxygen atoms in total. The number of hydrogen-bond acceptors (Lipinski definition) is 3. The van der Waals surface area contributed by atoms with Crippen LogP contribution in [0.1, 0.15) is 39.7 Å². The van der Waals surface area contributed by atoms with Gasteiger partial charge in [-0.15, -0.1) is 12.4 Å². The summed E-state index contributed by atoms with van der Waals surface area (Å²) < 4.78 is 12.3. The summed E-state index contributed by atoms with van der Waals surface area (Å²) in [6, 6.07) is 10.6. The highest BCUT2D eigenvalue weighted by molar-refractivity contribution is 6.54. The standard InChI is InChI=1S/C18H26BNO2.ClH/c1-17(2)18(3,4)22-19(21-17)16-10-12-20(13-11-16)14-15-8-6-5-7-9-15;/h5-10H,11-14H2,1-4H3;1H. The van der Waals surface area contributed by atoms with Gasteiger partial charge in [-0.05, 0) is 45.2 Å². The zero-order valence-electron chi connectivity index (χ0n) is 14.5. The van der Waals surface area contributed by atoms with Gasteiger partial charge in [-0.25, -0.2) is 0 Å². The van der Waals surface area contributed by atoms with Crippen LogP contribution < -0.4 is 0 Å². The van der Waals surface area contributed by atoms with Gasteiger partial charge in [-0.1, -0.05) is 36.4 Å². The molecular weight excluding hydrogens is 308 g/mol. The highest BCUT2D eigenvalue weighted by atomic mass is 35.5. The van der Waals surface area contributed by atoms with E-state index in [0.717, 1.165) is 26.1 Å². The summed E-state index contributed by atoms with van der Waals surface area (Å²) in [5.41, 5.74) is 2.16. The molecule has 0 radical (unpaired) electrons. The minimum atomic E-state index is -0.250. The van der Waals surface area contributed by atoms with E-state index in [9.17, 15) is 0 Å². The zero-order chi connectivity index (χ0) is 15.8. The first-order valence-electron chi connectivity index (χ1n) is 8.18. The van der Waals surface area contributed by atoms with Crippen LogP contribution in [0.25, 0.3) is 0 Å². The van der Waals surface area contributed by atoms with Crippen molar-refractivity contribution in [1.82, 2.24) is 4.90 Å². The Hall–Kier alpha value is -0.805. The Morgan fingerprint density at radius 3 is 2.17 bits per heavy atom. The molecule has 0 aromatic heterocycles. The Labute approximate surface area is 146 Å². The van der Waals surface area contributed by atoms with Gasteiger partial charge in [0.05, 0.1) is 11.2 Å². The molecule has 0 aliphatic carbocycles. The van der Waals surface area contributed by atoms with Crippen molar-refractivity contribution in [1.29, 1.82) is 0 Å². The van der Waals surface area contributed by atoms with Crippen LogP contribution in [0.2, 0.25) is 0 Å². The lowest BCUT2D eigenvalue weighted by Gasteiger charge is -2.32. The Morgan fingerprint density at radius 2 is 1.65 bits per heavy atom. The molecule has 0 N–H and O–H groups in total. The summed E-state index contributed by atoms with van der Waals surface area (Å²) in [6.07, 6.45) is 3.30. The summed E-state index contributed by atoms with van der Waals surface area (Å²) in [6.45, 7) is 11.5. The summed E-state index contributed by atoms with van der Waals surface area (Å²) in [5, 5.41) is 0. The van der Waals surface area contributed by atoms with Gasteiger partial charge >= 0.3 is 7.12 Å². The van der Waals surface area contributed by atoms with Crippen LogP contribution in [0.15, 0.2) is 41.9 Å². The molecule has 126 valence electrons. The van der Waals surface area contributed by atoms with Crippen LogP contribution in [0, 0.1) is 0 Å². The third-order valence-electron chi connectivity index (χ3n) is 5.13.